The van der Waals surface area contributed by atoms with Crippen molar-refractivity contribution in [3.8, 4) is 5.75 Å². The number of hydrogen-bond acceptors (Lipinski definition) is 18. The predicted octanol–water partition coefficient (Wildman–Crippen LogP) is 4.62. The smallest absolute Gasteiger partial charge is 0.119 e. The van der Waals surface area contributed by atoms with E-state index < -0.39 is 0 Å². The molecular weight excluding hydrogens is 877 g/mol. The fourth-order valence-electron chi connectivity index (χ4n) is 5.72. The Morgan fingerprint density at radius 3 is 0.746 bits per heavy atom. The van der Waals surface area contributed by atoms with Crippen LogP contribution in [0.15, 0.2) is 24.3 Å². The van der Waals surface area contributed by atoms with Gasteiger partial charge in [-0.3, -0.25) is 0 Å². The Morgan fingerprint density at radius 1 is 0.269 bits per heavy atom. The van der Waals surface area contributed by atoms with Gasteiger partial charge in [0.05, 0.1) is 218 Å². The molecule has 18 heteroatoms. The first-order valence-electron chi connectivity index (χ1n) is 24.9. The zero-order valence-corrected chi connectivity index (χ0v) is 41.4. The SMILES string of the molecule is CCCCCCCCCc1ccc(OCCOCCOCCOCCOCCOCCOCCOCCOCCOCCOCCOCCOCCOCCOCCOCCOCCO)cc1. The molecule has 67 heavy (non-hydrogen) atoms. The van der Waals surface area contributed by atoms with Crippen LogP contribution in [0.1, 0.15) is 57.4 Å². The highest BCUT2D eigenvalue weighted by atomic mass is 16.6. The van der Waals surface area contributed by atoms with Gasteiger partial charge in [-0.2, -0.15) is 0 Å². The molecule has 18 nitrogen and oxygen atoms in total. The van der Waals surface area contributed by atoms with Crippen molar-refractivity contribution in [3.05, 3.63) is 29.8 Å². The number of benzene rings is 1. The van der Waals surface area contributed by atoms with Crippen LogP contribution in [0.2, 0.25) is 0 Å². The van der Waals surface area contributed by atoms with Crippen molar-refractivity contribution in [2.24, 2.45) is 0 Å². The van der Waals surface area contributed by atoms with Crippen molar-refractivity contribution in [1.82, 2.24) is 0 Å². The molecule has 1 aromatic carbocycles. The fourth-order valence-corrected chi connectivity index (χ4v) is 5.72. The molecule has 0 saturated carbocycles. The van der Waals surface area contributed by atoms with Crippen molar-refractivity contribution in [2.75, 3.05) is 225 Å². The zero-order chi connectivity index (χ0) is 47.7. The second-order valence-corrected chi connectivity index (χ2v) is 14.9. The molecule has 0 fully saturated rings. The summed E-state index contributed by atoms with van der Waals surface area (Å²) in [4.78, 5) is 0. The van der Waals surface area contributed by atoms with Crippen LogP contribution < -0.4 is 4.74 Å². The number of hydrogen-bond donors (Lipinski definition) is 1. The summed E-state index contributed by atoms with van der Waals surface area (Å²) in [6.45, 7) is 18.6. The molecule has 0 spiro atoms. The summed E-state index contributed by atoms with van der Waals surface area (Å²) >= 11 is 0. The Labute approximate surface area is 403 Å². The normalized spacial score (nSPS) is 11.6. The van der Waals surface area contributed by atoms with E-state index in [0.717, 1.165) is 12.2 Å². The molecule has 0 aliphatic rings. The Kier molecular flexibility index (Phi) is 53.8. The molecule has 0 bridgehead atoms. The summed E-state index contributed by atoms with van der Waals surface area (Å²) in [6.07, 6.45) is 10.5. The van der Waals surface area contributed by atoms with Gasteiger partial charge in [0.1, 0.15) is 12.4 Å². The minimum Gasteiger partial charge on any atom is -0.491 e. The molecular formula is C49H92O18. The van der Waals surface area contributed by atoms with Crippen LogP contribution in [0.5, 0.6) is 5.75 Å². The quantitative estimate of drug-likeness (QED) is 0.0895. The van der Waals surface area contributed by atoms with Crippen LogP contribution in [-0.2, 0) is 82.2 Å². The molecule has 0 heterocycles. The minimum absolute atomic E-state index is 0.0212. The minimum atomic E-state index is 0.0212. The maximum Gasteiger partial charge on any atom is 0.119 e. The maximum atomic E-state index is 8.60. The largest absolute Gasteiger partial charge is 0.491 e. The first-order chi connectivity index (χ1) is 33.4. The second kappa shape index (κ2) is 56.9. The van der Waals surface area contributed by atoms with Gasteiger partial charge >= 0.3 is 0 Å². The Morgan fingerprint density at radius 2 is 0.493 bits per heavy atom. The Balaban J connectivity index is 1.64. The Hall–Kier alpha value is -1.66. The lowest BCUT2D eigenvalue weighted by molar-refractivity contribution is -0.0306. The van der Waals surface area contributed by atoms with Gasteiger partial charge < -0.3 is 85.6 Å². The molecule has 0 aliphatic heterocycles. The lowest BCUT2D eigenvalue weighted by atomic mass is 10.0. The van der Waals surface area contributed by atoms with E-state index in [1.807, 2.05) is 0 Å². The van der Waals surface area contributed by atoms with Crippen LogP contribution in [0.25, 0.3) is 0 Å². The molecule has 0 saturated heterocycles. The van der Waals surface area contributed by atoms with E-state index in [-0.39, 0.29) is 6.61 Å². The van der Waals surface area contributed by atoms with Crippen molar-refractivity contribution >= 4 is 0 Å². The highest BCUT2D eigenvalue weighted by molar-refractivity contribution is 5.27. The number of aliphatic hydroxyl groups excluding tert-OH is 1. The summed E-state index contributed by atoms with van der Waals surface area (Å²) < 4.78 is 93.4. The molecule has 0 aliphatic carbocycles. The summed E-state index contributed by atoms with van der Waals surface area (Å²) in [7, 11) is 0. The summed E-state index contributed by atoms with van der Waals surface area (Å²) in [5.74, 6) is 0.882. The highest BCUT2D eigenvalue weighted by Gasteiger charge is 2.00. The van der Waals surface area contributed by atoms with Gasteiger partial charge in [-0.15, -0.1) is 0 Å². The van der Waals surface area contributed by atoms with Gasteiger partial charge in [-0.1, -0.05) is 57.6 Å². The highest BCUT2D eigenvalue weighted by Crippen LogP contribution is 2.15. The fraction of sp³-hybridized carbons (Fsp3) is 0.878. The number of aliphatic hydroxyl groups is 1. The van der Waals surface area contributed by atoms with Gasteiger partial charge in [0, 0.05) is 0 Å². The van der Waals surface area contributed by atoms with Crippen LogP contribution in [0.4, 0.5) is 0 Å². The van der Waals surface area contributed by atoms with Crippen LogP contribution >= 0.6 is 0 Å². The van der Waals surface area contributed by atoms with Gasteiger partial charge in [-0.05, 0) is 30.5 Å². The molecule has 396 valence electrons. The third-order valence-corrected chi connectivity index (χ3v) is 9.30. The number of rotatable bonds is 59. The summed E-state index contributed by atoms with van der Waals surface area (Å²) in [6, 6.07) is 8.45. The predicted molar refractivity (Wildman–Crippen MR) is 254 cm³/mol. The van der Waals surface area contributed by atoms with E-state index in [1.54, 1.807) is 0 Å². The monoisotopic (exact) mass is 969 g/mol. The van der Waals surface area contributed by atoms with E-state index in [1.165, 1.54) is 50.5 Å². The molecule has 0 radical (unpaired) electrons. The number of ether oxygens (including phenoxy) is 17. The standard InChI is InChI=1S/C49H92O18/c1-2-3-4-5-6-7-8-9-48-10-12-49(13-11-48)67-47-46-66-45-44-65-43-42-64-41-40-63-39-38-62-37-36-61-35-34-60-33-32-59-31-30-58-29-28-57-27-26-56-25-24-55-23-22-54-21-20-53-19-18-52-17-16-51-15-14-50/h10-13,50H,2-9,14-47H2,1H3. The average molecular weight is 969 g/mol. The first-order valence-corrected chi connectivity index (χ1v) is 24.9. The lowest BCUT2D eigenvalue weighted by Gasteiger charge is -2.09. The van der Waals surface area contributed by atoms with E-state index >= 15 is 0 Å². The van der Waals surface area contributed by atoms with Crippen molar-refractivity contribution in [3.63, 3.8) is 0 Å². The molecule has 1 rings (SSSR count). The molecule has 0 aromatic heterocycles. The van der Waals surface area contributed by atoms with E-state index in [9.17, 15) is 0 Å². The third-order valence-electron chi connectivity index (χ3n) is 9.30. The van der Waals surface area contributed by atoms with Gasteiger partial charge in [-0.25, -0.2) is 0 Å². The molecule has 0 unspecified atom stereocenters. The van der Waals surface area contributed by atoms with Crippen molar-refractivity contribution < 1.29 is 85.6 Å². The Bertz CT molecular complexity index is 1050. The van der Waals surface area contributed by atoms with Crippen molar-refractivity contribution in [2.45, 2.75) is 58.3 Å². The van der Waals surface area contributed by atoms with Crippen LogP contribution in [-0.4, -0.2) is 230 Å². The maximum absolute atomic E-state index is 8.60. The molecule has 1 aromatic rings. The van der Waals surface area contributed by atoms with Gasteiger partial charge in [0.25, 0.3) is 0 Å². The van der Waals surface area contributed by atoms with Gasteiger partial charge in [0.15, 0.2) is 0 Å². The average Bonchev–Trinajstić information content (AvgIpc) is 3.34. The summed E-state index contributed by atoms with van der Waals surface area (Å²) in [5.41, 5.74) is 1.38. The zero-order valence-electron chi connectivity index (χ0n) is 41.4. The van der Waals surface area contributed by atoms with Crippen LogP contribution in [0.3, 0.4) is 0 Å². The molecule has 0 atom stereocenters. The third kappa shape index (κ3) is 52.0. The van der Waals surface area contributed by atoms with E-state index in [2.05, 4.69) is 31.2 Å². The van der Waals surface area contributed by atoms with E-state index in [4.69, 9.17) is 85.6 Å². The lowest BCUT2D eigenvalue weighted by Crippen LogP contribution is -2.16. The van der Waals surface area contributed by atoms with Gasteiger partial charge in [0.2, 0.25) is 0 Å². The molecule has 0 amide bonds. The van der Waals surface area contributed by atoms with Crippen LogP contribution in [0, 0.1) is 0 Å². The summed E-state index contributed by atoms with van der Waals surface area (Å²) in [5, 5.41) is 8.60. The van der Waals surface area contributed by atoms with Crippen molar-refractivity contribution in [1.29, 1.82) is 0 Å². The molecule has 1 N–H and O–H groups in total. The van der Waals surface area contributed by atoms with E-state index in [0.29, 0.717) is 218 Å². The number of aryl methyl sites for hydroxylation is 1. The second-order valence-electron chi connectivity index (χ2n) is 14.9. The number of unbranched alkanes of at least 4 members (excludes halogenated alkanes) is 6. The topological polar surface area (TPSA) is 177 Å². The first kappa shape index (κ1) is 63.4.